The molecule has 0 atom stereocenters. The van der Waals surface area contributed by atoms with Crippen LogP contribution in [0.2, 0.25) is 0 Å². The Kier molecular flexibility index (Phi) is 1.19. The van der Waals surface area contributed by atoms with Crippen molar-refractivity contribution >= 4 is 21.8 Å². The fraction of sp³-hybridized carbons (Fsp3) is 0. The maximum atomic E-state index is 4.06. The summed E-state index contributed by atoms with van der Waals surface area (Å²) in [7, 11) is 0. The predicted molar refractivity (Wildman–Crippen MR) is 52.4 cm³/mol. The minimum atomic E-state index is 1.05. The molecule has 0 aliphatic carbocycles. The van der Waals surface area contributed by atoms with Crippen LogP contribution in [0.5, 0.6) is 0 Å². The van der Waals surface area contributed by atoms with Crippen LogP contribution in [0.3, 0.4) is 0 Å². The lowest BCUT2D eigenvalue weighted by molar-refractivity contribution is 1.35. The van der Waals surface area contributed by atoms with E-state index in [9.17, 15) is 0 Å². The molecular weight excluding hydrogens is 160 g/mol. The Labute approximate surface area is 75.2 Å². The van der Waals surface area contributed by atoms with Crippen molar-refractivity contribution in [1.29, 1.82) is 0 Å². The summed E-state index contributed by atoms with van der Waals surface area (Å²) in [5.74, 6) is 0. The van der Waals surface area contributed by atoms with Gasteiger partial charge in [0.15, 0.2) is 0 Å². The first kappa shape index (κ1) is 6.66. The number of para-hydroxylation sites is 1. The third kappa shape index (κ3) is 0.855. The Morgan fingerprint density at radius 3 is 3.23 bits per heavy atom. The fourth-order valence-corrected chi connectivity index (χ4v) is 1.63. The van der Waals surface area contributed by atoms with Crippen molar-refractivity contribution in [2.75, 3.05) is 0 Å². The van der Waals surface area contributed by atoms with Gasteiger partial charge < -0.3 is 4.98 Å². The number of aromatic nitrogens is 2. The number of nitrogens with zero attached hydrogens (tertiary/aromatic N) is 1. The monoisotopic (exact) mass is 167 g/mol. The first-order valence-corrected chi connectivity index (χ1v) is 4.17. The van der Waals surface area contributed by atoms with Gasteiger partial charge in [-0.05, 0) is 6.07 Å². The second-order valence-corrected chi connectivity index (χ2v) is 3.01. The molecule has 3 aromatic rings. The standard InChI is InChI=1S/C11H7N2/c1-2-4-10-8(3-1)9-5-6-12-7-11(9)13-10/h1-3,5-7,13H. The van der Waals surface area contributed by atoms with Crippen LogP contribution in [-0.2, 0) is 0 Å². The number of hydrogen-bond acceptors (Lipinski definition) is 1. The van der Waals surface area contributed by atoms with Gasteiger partial charge in [0.05, 0.1) is 17.2 Å². The third-order valence-corrected chi connectivity index (χ3v) is 2.23. The molecule has 2 heteroatoms. The number of H-pyrrole nitrogens is 1. The van der Waals surface area contributed by atoms with Crippen molar-refractivity contribution in [2.24, 2.45) is 0 Å². The zero-order valence-electron chi connectivity index (χ0n) is 6.91. The molecule has 2 heterocycles. The van der Waals surface area contributed by atoms with Gasteiger partial charge in [-0.2, -0.15) is 0 Å². The summed E-state index contributed by atoms with van der Waals surface area (Å²) in [6.45, 7) is 0. The Hall–Kier alpha value is -1.83. The van der Waals surface area contributed by atoms with Crippen LogP contribution in [0.25, 0.3) is 21.8 Å². The molecule has 0 saturated carbocycles. The lowest BCUT2D eigenvalue weighted by Crippen LogP contribution is -1.68. The average Bonchev–Trinajstić information content (AvgIpc) is 2.56. The minimum absolute atomic E-state index is 1.05. The molecule has 0 aliphatic rings. The number of benzene rings is 1. The highest BCUT2D eigenvalue weighted by Crippen LogP contribution is 2.23. The van der Waals surface area contributed by atoms with Crippen molar-refractivity contribution in [3.63, 3.8) is 0 Å². The van der Waals surface area contributed by atoms with Gasteiger partial charge in [-0.15, -0.1) is 0 Å². The molecule has 2 nitrogen and oxygen atoms in total. The van der Waals surface area contributed by atoms with E-state index in [-0.39, 0.29) is 0 Å². The van der Waals surface area contributed by atoms with Crippen molar-refractivity contribution in [2.45, 2.75) is 0 Å². The largest absolute Gasteiger partial charge is 0.353 e. The van der Waals surface area contributed by atoms with E-state index in [0.717, 1.165) is 11.0 Å². The van der Waals surface area contributed by atoms with Crippen LogP contribution >= 0.6 is 0 Å². The van der Waals surface area contributed by atoms with E-state index in [1.54, 1.807) is 0 Å². The lowest BCUT2D eigenvalue weighted by atomic mass is 10.2. The van der Waals surface area contributed by atoms with Gasteiger partial charge in [0.2, 0.25) is 0 Å². The second kappa shape index (κ2) is 2.33. The maximum absolute atomic E-state index is 4.06. The minimum Gasteiger partial charge on any atom is -0.353 e. The van der Waals surface area contributed by atoms with E-state index in [1.165, 1.54) is 10.8 Å². The average molecular weight is 167 g/mol. The quantitative estimate of drug-likeness (QED) is 0.547. The first-order chi connectivity index (χ1) is 6.45. The van der Waals surface area contributed by atoms with Crippen LogP contribution < -0.4 is 0 Å². The molecule has 0 spiro atoms. The van der Waals surface area contributed by atoms with Gasteiger partial charge in [0.1, 0.15) is 0 Å². The Balaban J connectivity index is 2.64. The third-order valence-electron chi connectivity index (χ3n) is 2.23. The van der Waals surface area contributed by atoms with Crippen molar-refractivity contribution in [3.05, 3.63) is 42.7 Å². The summed E-state index contributed by atoms with van der Waals surface area (Å²) < 4.78 is 0. The van der Waals surface area contributed by atoms with Gasteiger partial charge >= 0.3 is 0 Å². The van der Waals surface area contributed by atoms with Gasteiger partial charge in [0, 0.05) is 23.0 Å². The molecule has 0 aliphatic heterocycles. The molecule has 3 rings (SSSR count). The Morgan fingerprint density at radius 2 is 2.23 bits per heavy atom. The molecule has 0 unspecified atom stereocenters. The summed E-state index contributed by atoms with van der Waals surface area (Å²) in [5.41, 5.74) is 2.12. The van der Waals surface area contributed by atoms with E-state index < -0.39 is 0 Å². The first-order valence-electron chi connectivity index (χ1n) is 4.17. The number of fused-ring (bicyclic) bond motifs is 3. The highest BCUT2D eigenvalue weighted by molar-refractivity contribution is 6.06. The van der Waals surface area contributed by atoms with Gasteiger partial charge in [-0.25, -0.2) is 0 Å². The molecule has 0 saturated heterocycles. The van der Waals surface area contributed by atoms with Crippen LogP contribution in [0.15, 0.2) is 36.7 Å². The molecule has 61 valence electrons. The molecule has 2 aromatic heterocycles. The Bertz CT molecular complexity index is 516. The van der Waals surface area contributed by atoms with Crippen molar-refractivity contribution < 1.29 is 0 Å². The summed E-state index contributed by atoms with van der Waals surface area (Å²) >= 11 is 0. The topological polar surface area (TPSA) is 28.7 Å². The highest BCUT2D eigenvalue weighted by atomic mass is 14.7. The van der Waals surface area contributed by atoms with Crippen molar-refractivity contribution in [3.8, 4) is 0 Å². The zero-order chi connectivity index (χ0) is 8.67. The summed E-state index contributed by atoms with van der Waals surface area (Å²) in [5, 5.41) is 2.42. The number of pyridine rings is 1. The van der Waals surface area contributed by atoms with Gasteiger partial charge in [-0.1, -0.05) is 18.2 Å². The van der Waals surface area contributed by atoms with Crippen LogP contribution in [-0.4, -0.2) is 9.97 Å². The summed E-state index contributed by atoms with van der Waals surface area (Å²) in [4.78, 5) is 7.32. The molecule has 1 N–H and O–H groups in total. The predicted octanol–water partition coefficient (Wildman–Crippen LogP) is 2.52. The maximum Gasteiger partial charge on any atom is 0.0651 e. The SMILES string of the molecule is [c]1cccc2c1[nH]c1cnccc12. The normalized spacial score (nSPS) is 11.1. The van der Waals surface area contributed by atoms with Crippen LogP contribution in [0.1, 0.15) is 0 Å². The zero-order valence-corrected chi connectivity index (χ0v) is 6.91. The molecule has 1 aromatic carbocycles. The molecule has 0 bridgehead atoms. The Morgan fingerprint density at radius 1 is 1.23 bits per heavy atom. The molecular formula is C11H7N2. The highest BCUT2D eigenvalue weighted by Gasteiger charge is 2.01. The molecule has 0 fully saturated rings. The van der Waals surface area contributed by atoms with E-state index in [4.69, 9.17) is 0 Å². The summed E-state index contributed by atoms with van der Waals surface area (Å²) in [6, 6.07) is 11.2. The van der Waals surface area contributed by atoms with Crippen LogP contribution in [0.4, 0.5) is 0 Å². The molecule has 0 amide bonds. The van der Waals surface area contributed by atoms with E-state index in [0.29, 0.717) is 0 Å². The number of hydrogen-bond donors (Lipinski definition) is 1. The molecule has 13 heavy (non-hydrogen) atoms. The summed E-state index contributed by atoms with van der Waals surface area (Å²) in [6.07, 6.45) is 3.64. The van der Waals surface area contributed by atoms with E-state index >= 15 is 0 Å². The van der Waals surface area contributed by atoms with Crippen LogP contribution in [0, 0.1) is 6.07 Å². The lowest BCUT2D eigenvalue weighted by Gasteiger charge is -1.86. The van der Waals surface area contributed by atoms with Gasteiger partial charge in [0.25, 0.3) is 0 Å². The van der Waals surface area contributed by atoms with Crippen molar-refractivity contribution in [1.82, 2.24) is 9.97 Å². The van der Waals surface area contributed by atoms with E-state index in [2.05, 4.69) is 22.1 Å². The second-order valence-electron chi connectivity index (χ2n) is 3.01. The fourth-order valence-electron chi connectivity index (χ4n) is 1.63. The van der Waals surface area contributed by atoms with E-state index in [1.807, 2.05) is 30.6 Å². The smallest absolute Gasteiger partial charge is 0.0651 e. The van der Waals surface area contributed by atoms with Gasteiger partial charge in [-0.3, -0.25) is 4.98 Å². The number of rotatable bonds is 0. The number of nitrogens with one attached hydrogen (secondary N) is 1. The number of aromatic amines is 1. The molecule has 1 radical (unpaired) electrons.